The number of nitrogens with zero attached hydrogens (tertiary/aromatic N) is 1. The van der Waals surface area contributed by atoms with Gasteiger partial charge in [0.15, 0.2) is 0 Å². The van der Waals surface area contributed by atoms with E-state index in [9.17, 15) is 5.11 Å². The molecule has 2 heterocycles. The van der Waals surface area contributed by atoms with E-state index in [1.165, 1.54) is 0 Å². The molecule has 1 N–H and O–H groups in total. The van der Waals surface area contributed by atoms with Crippen LogP contribution in [0.5, 0.6) is 0 Å². The van der Waals surface area contributed by atoms with Crippen LogP contribution < -0.4 is 0 Å². The van der Waals surface area contributed by atoms with Crippen LogP contribution in [0, 0.1) is 0 Å². The first-order valence-electron chi connectivity index (χ1n) is 7.29. The fourth-order valence-electron chi connectivity index (χ4n) is 2.98. The van der Waals surface area contributed by atoms with E-state index in [1.54, 1.807) is 6.26 Å². The van der Waals surface area contributed by atoms with Gasteiger partial charge in [-0.25, -0.2) is 0 Å². The lowest BCUT2D eigenvalue weighted by Crippen LogP contribution is -2.31. The minimum Gasteiger partial charge on any atom is -0.469 e. The predicted molar refractivity (Wildman–Crippen MR) is 78.4 cm³/mol. The maximum atomic E-state index is 10.8. The third-order valence-corrected chi connectivity index (χ3v) is 4.12. The fraction of sp³-hybridized carbons (Fsp3) is 0.412. The number of hydrogen-bond acceptors (Lipinski definition) is 3. The highest BCUT2D eigenvalue weighted by atomic mass is 16.3. The van der Waals surface area contributed by atoms with E-state index in [4.69, 9.17) is 4.42 Å². The number of β-amino-alcohol motifs (C(OH)–C–C–N with tert-alkyl or cyclic N) is 1. The molecule has 0 unspecified atom stereocenters. The topological polar surface area (TPSA) is 36.6 Å². The second kappa shape index (κ2) is 5.81. The van der Waals surface area contributed by atoms with Crippen LogP contribution >= 0.6 is 0 Å². The lowest BCUT2D eigenvalue weighted by atomic mass is 9.93. The molecular formula is C17H21NO2. The van der Waals surface area contributed by atoms with Gasteiger partial charge in [0.25, 0.3) is 0 Å². The summed E-state index contributed by atoms with van der Waals surface area (Å²) in [5.41, 5.74) is 0.361. The van der Waals surface area contributed by atoms with Crippen molar-refractivity contribution in [3.8, 4) is 0 Å². The van der Waals surface area contributed by atoms with Gasteiger partial charge in [-0.1, -0.05) is 30.3 Å². The summed E-state index contributed by atoms with van der Waals surface area (Å²) in [7, 11) is 0. The van der Waals surface area contributed by atoms with Gasteiger partial charge in [0.1, 0.15) is 11.4 Å². The van der Waals surface area contributed by atoms with Crippen molar-refractivity contribution in [2.75, 3.05) is 19.6 Å². The molecule has 0 saturated carbocycles. The molecule has 3 rings (SSSR count). The summed E-state index contributed by atoms with van der Waals surface area (Å²) in [5, 5.41) is 10.8. The number of furan rings is 1. The Labute approximate surface area is 119 Å². The lowest BCUT2D eigenvalue weighted by Gasteiger charge is -2.24. The molecule has 0 spiro atoms. The van der Waals surface area contributed by atoms with Crippen molar-refractivity contribution in [1.29, 1.82) is 0 Å². The Balaban J connectivity index is 1.52. The third-order valence-electron chi connectivity index (χ3n) is 4.12. The smallest absolute Gasteiger partial charge is 0.103 e. The number of aliphatic hydroxyl groups is 1. The van der Waals surface area contributed by atoms with Crippen LogP contribution in [0.15, 0.2) is 53.1 Å². The van der Waals surface area contributed by atoms with Crippen molar-refractivity contribution in [2.24, 2.45) is 0 Å². The summed E-state index contributed by atoms with van der Waals surface area (Å²) in [6.07, 6.45) is 4.57. The first kappa shape index (κ1) is 13.4. The van der Waals surface area contributed by atoms with E-state index in [2.05, 4.69) is 4.90 Å². The van der Waals surface area contributed by atoms with Crippen LogP contribution in [0.25, 0.3) is 0 Å². The van der Waals surface area contributed by atoms with Gasteiger partial charge in [0.05, 0.1) is 6.26 Å². The quantitative estimate of drug-likeness (QED) is 0.908. The van der Waals surface area contributed by atoms with Crippen LogP contribution in [0.2, 0.25) is 0 Å². The van der Waals surface area contributed by atoms with Crippen molar-refractivity contribution in [3.63, 3.8) is 0 Å². The van der Waals surface area contributed by atoms with Gasteiger partial charge in [-0.3, -0.25) is 4.90 Å². The zero-order chi connectivity index (χ0) is 13.8. The molecule has 0 amide bonds. The van der Waals surface area contributed by atoms with E-state index in [-0.39, 0.29) is 0 Å². The molecule has 0 radical (unpaired) electrons. The van der Waals surface area contributed by atoms with Crippen LogP contribution in [-0.4, -0.2) is 29.6 Å². The number of hydrogen-bond donors (Lipinski definition) is 1. The van der Waals surface area contributed by atoms with Gasteiger partial charge < -0.3 is 9.52 Å². The highest BCUT2D eigenvalue weighted by Gasteiger charge is 2.36. The van der Waals surface area contributed by atoms with E-state index in [0.717, 1.165) is 50.2 Å². The van der Waals surface area contributed by atoms with Crippen LogP contribution in [0.1, 0.15) is 24.2 Å². The van der Waals surface area contributed by atoms with E-state index < -0.39 is 5.60 Å². The van der Waals surface area contributed by atoms with Crippen molar-refractivity contribution < 1.29 is 9.52 Å². The Bertz CT molecular complexity index is 523. The summed E-state index contributed by atoms with van der Waals surface area (Å²) < 4.78 is 5.34. The molecule has 1 aliphatic rings. The van der Waals surface area contributed by atoms with Gasteiger partial charge in [-0.05, 0) is 37.1 Å². The summed E-state index contributed by atoms with van der Waals surface area (Å²) in [5.74, 6) is 1.04. The molecule has 1 fully saturated rings. The van der Waals surface area contributed by atoms with Crippen molar-refractivity contribution >= 4 is 0 Å². The minimum atomic E-state index is -0.675. The highest BCUT2D eigenvalue weighted by Crippen LogP contribution is 2.31. The van der Waals surface area contributed by atoms with Crippen molar-refractivity contribution in [1.82, 2.24) is 4.90 Å². The summed E-state index contributed by atoms with van der Waals surface area (Å²) in [4.78, 5) is 2.34. The van der Waals surface area contributed by atoms with Gasteiger partial charge in [-0.15, -0.1) is 0 Å². The normalized spacial score (nSPS) is 23.2. The van der Waals surface area contributed by atoms with E-state index in [0.29, 0.717) is 0 Å². The monoisotopic (exact) mass is 271 g/mol. The third kappa shape index (κ3) is 2.94. The lowest BCUT2D eigenvalue weighted by molar-refractivity contribution is 0.0460. The van der Waals surface area contributed by atoms with Crippen LogP contribution in [0.3, 0.4) is 0 Å². The SMILES string of the molecule is O[C@]1(c2ccccc2)CCN(CCCc2ccco2)C1. The van der Waals surface area contributed by atoms with Gasteiger partial charge in [0, 0.05) is 19.5 Å². The molecule has 1 atom stereocenters. The highest BCUT2D eigenvalue weighted by molar-refractivity contribution is 5.24. The van der Waals surface area contributed by atoms with Gasteiger partial charge in [-0.2, -0.15) is 0 Å². The number of aryl methyl sites for hydroxylation is 1. The Morgan fingerprint density at radius 2 is 2.00 bits per heavy atom. The zero-order valence-corrected chi connectivity index (χ0v) is 11.7. The van der Waals surface area contributed by atoms with Crippen LogP contribution in [-0.2, 0) is 12.0 Å². The Hall–Kier alpha value is -1.58. The maximum absolute atomic E-state index is 10.8. The zero-order valence-electron chi connectivity index (χ0n) is 11.7. The Morgan fingerprint density at radius 1 is 1.15 bits per heavy atom. The molecule has 1 aromatic heterocycles. The molecule has 0 aliphatic carbocycles. The Morgan fingerprint density at radius 3 is 2.75 bits per heavy atom. The standard InChI is InChI=1S/C17H21NO2/c19-17(15-6-2-1-3-7-15)10-12-18(14-17)11-4-8-16-9-5-13-20-16/h1-3,5-7,9,13,19H,4,8,10-12,14H2/t17-/m1/s1. The van der Waals surface area contributed by atoms with Gasteiger partial charge >= 0.3 is 0 Å². The molecule has 1 aliphatic heterocycles. The van der Waals surface area contributed by atoms with E-state index in [1.807, 2.05) is 42.5 Å². The first-order chi connectivity index (χ1) is 9.76. The maximum Gasteiger partial charge on any atom is 0.103 e. The molecule has 1 saturated heterocycles. The molecular weight excluding hydrogens is 250 g/mol. The van der Waals surface area contributed by atoms with Crippen LogP contribution in [0.4, 0.5) is 0 Å². The number of benzene rings is 1. The van der Waals surface area contributed by atoms with Crippen molar-refractivity contribution in [2.45, 2.75) is 24.9 Å². The summed E-state index contributed by atoms with van der Waals surface area (Å²) in [6.45, 7) is 2.70. The van der Waals surface area contributed by atoms with Crippen molar-refractivity contribution in [3.05, 3.63) is 60.1 Å². The number of rotatable bonds is 5. The molecule has 106 valence electrons. The van der Waals surface area contributed by atoms with E-state index >= 15 is 0 Å². The molecule has 3 nitrogen and oxygen atoms in total. The molecule has 1 aromatic carbocycles. The Kier molecular flexibility index (Phi) is 3.90. The molecule has 3 heteroatoms. The average Bonchev–Trinajstić information content (AvgIpc) is 3.11. The average molecular weight is 271 g/mol. The largest absolute Gasteiger partial charge is 0.469 e. The minimum absolute atomic E-state index is 0.675. The molecule has 20 heavy (non-hydrogen) atoms. The predicted octanol–water partition coefficient (Wildman–Crippen LogP) is 2.81. The second-order valence-corrected chi connectivity index (χ2v) is 5.61. The second-order valence-electron chi connectivity index (χ2n) is 5.61. The summed E-state index contributed by atoms with van der Waals surface area (Å²) >= 11 is 0. The molecule has 0 bridgehead atoms. The fourth-order valence-corrected chi connectivity index (χ4v) is 2.98. The summed E-state index contributed by atoms with van der Waals surface area (Å²) in [6, 6.07) is 14.0. The van der Waals surface area contributed by atoms with Gasteiger partial charge in [0.2, 0.25) is 0 Å². The first-order valence-corrected chi connectivity index (χ1v) is 7.29. The molecule has 2 aromatic rings. The number of likely N-dealkylation sites (tertiary alicyclic amines) is 1.